The Morgan fingerprint density at radius 2 is 2.08 bits per heavy atom. The summed E-state index contributed by atoms with van der Waals surface area (Å²) in [6.07, 6.45) is 1.64. The van der Waals surface area contributed by atoms with Gasteiger partial charge in [0.1, 0.15) is 18.7 Å². The highest BCUT2D eigenvalue weighted by Crippen LogP contribution is 2.30. The van der Waals surface area contributed by atoms with Gasteiger partial charge in [0, 0.05) is 35.6 Å². The number of methoxy groups -OCH3 is 1. The van der Waals surface area contributed by atoms with Gasteiger partial charge in [-0.25, -0.2) is 9.37 Å². The molecule has 0 amide bonds. The molecule has 6 nitrogen and oxygen atoms in total. The Labute approximate surface area is 145 Å². The molecule has 0 atom stereocenters. The number of rotatable bonds is 6. The highest BCUT2D eigenvalue weighted by atomic mass is 19.1. The van der Waals surface area contributed by atoms with Gasteiger partial charge in [0.25, 0.3) is 0 Å². The molecule has 7 heteroatoms. The van der Waals surface area contributed by atoms with E-state index in [4.69, 9.17) is 9.57 Å². The molecule has 0 unspecified atom stereocenters. The monoisotopic (exact) mass is 345 g/mol. The number of aliphatic hydroxyl groups is 1. The number of hydrogen-bond donors (Lipinski definition) is 1. The van der Waals surface area contributed by atoms with Crippen LogP contribution in [0.3, 0.4) is 0 Å². The molecule has 25 heavy (non-hydrogen) atoms. The van der Waals surface area contributed by atoms with Crippen molar-refractivity contribution in [3.63, 3.8) is 0 Å². The van der Waals surface area contributed by atoms with Gasteiger partial charge in [0.05, 0.1) is 32.0 Å². The molecule has 0 aliphatic carbocycles. The van der Waals surface area contributed by atoms with Crippen molar-refractivity contribution in [3.8, 4) is 11.1 Å². The van der Waals surface area contributed by atoms with E-state index in [1.807, 2.05) is 6.07 Å². The maximum atomic E-state index is 14.5. The van der Waals surface area contributed by atoms with Crippen molar-refractivity contribution in [1.82, 2.24) is 4.98 Å². The number of anilines is 1. The Morgan fingerprint density at radius 1 is 1.28 bits per heavy atom. The fourth-order valence-electron chi connectivity index (χ4n) is 2.85. The third-order valence-corrected chi connectivity index (χ3v) is 4.07. The lowest BCUT2D eigenvalue weighted by molar-refractivity contribution is 0.185. The van der Waals surface area contributed by atoms with Crippen LogP contribution in [0.4, 0.5) is 10.2 Å². The van der Waals surface area contributed by atoms with E-state index in [1.54, 1.807) is 31.5 Å². The molecule has 1 N–H and O–H groups in total. The first kappa shape index (κ1) is 17.3. The molecular weight excluding hydrogens is 325 g/mol. The second kappa shape index (κ2) is 7.58. The van der Waals surface area contributed by atoms with Crippen LogP contribution in [0.1, 0.15) is 11.1 Å². The number of halogens is 1. The zero-order valence-electron chi connectivity index (χ0n) is 14.2. The smallest absolute Gasteiger partial charge is 0.136 e. The minimum atomic E-state index is -0.429. The first-order valence-corrected chi connectivity index (χ1v) is 7.88. The fraction of sp³-hybridized carbons (Fsp3) is 0.333. The topological polar surface area (TPSA) is 67.2 Å². The molecule has 0 saturated carbocycles. The van der Waals surface area contributed by atoms with Crippen LogP contribution >= 0.6 is 0 Å². The quantitative estimate of drug-likeness (QED) is 0.814. The average molecular weight is 345 g/mol. The van der Waals surface area contributed by atoms with Gasteiger partial charge >= 0.3 is 0 Å². The Balaban J connectivity index is 1.93. The maximum Gasteiger partial charge on any atom is 0.136 e. The lowest BCUT2D eigenvalue weighted by atomic mass is 10.0. The van der Waals surface area contributed by atoms with Crippen molar-refractivity contribution < 1.29 is 19.1 Å². The highest BCUT2D eigenvalue weighted by Gasteiger charge is 2.26. The van der Waals surface area contributed by atoms with Gasteiger partial charge in [-0.2, -0.15) is 0 Å². The molecular formula is C18H20FN3O3. The molecule has 2 heterocycles. The van der Waals surface area contributed by atoms with Crippen LogP contribution in [0.5, 0.6) is 0 Å². The number of hydrogen-bond acceptors (Lipinski definition) is 6. The Kier molecular flexibility index (Phi) is 5.25. The maximum absolute atomic E-state index is 14.5. The standard InChI is InChI=1S/C18H20FN3O3/c1-24-11-14-6-13(16-5-3-4-12(10-23)17(16)19)7-20-18(14)22-8-15(9-22)21-25-2/h3-7,23H,8-11H2,1-2H3. The fourth-order valence-corrected chi connectivity index (χ4v) is 2.85. The summed E-state index contributed by atoms with van der Waals surface area (Å²) in [5.74, 6) is 0.362. The third-order valence-electron chi connectivity index (χ3n) is 4.07. The normalized spacial score (nSPS) is 13.6. The van der Waals surface area contributed by atoms with Crippen molar-refractivity contribution in [3.05, 3.63) is 47.4 Å². The minimum absolute atomic E-state index is 0.262. The molecule has 1 aliphatic rings. The summed E-state index contributed by atoms with van der Waals surface area (Å²) in [6.45, 7) is 1.31. The molecule has 2 aromatic rings. The van der Waals surface area contributed by atoms with E-state index >= 15 is 0 Å². The molecule has 3 rings (SSSR count). The van der Waals surface area contributed by atoms with Gasteiger partial charge in [0.2, 0.25) is 0 Å². The van der Waals surface area contributed by atoms with E-state index in [-0.39, 0.29) is 12.2 Å². The van der Waals surface area contributed by atoms with Crippen LogP contribution in [0.15, 0.2) is 35.6 Å². The van der Waals surface area contributed by atoms with Crippen molar-refractivity contribution in [2.75, 3.05) is 32.2 Å². The van der Waals surface area contributed by atoms with Crippen LogP contribution in [0.2, 0.25) is 0 Å². The molecule has 0 radical (unpaired) electrons. The molecule has 1 aliphatic heterocycles. The SMILES string of the molecule is COCc1cc(-c2cccc(CO)c2F)cnc1N1CC(=NOC)C1. The number of benzene rings is 1. The van der Waals surface area contributed by atoms with Crippen LogP contribution in [-0.4, -0.2) is 43.1 Å². The molecule has 1 fully saturated rings. The minimum Gasteiger partial charge on any atom is -0.399 e. The largest absolute Gasteiger partial charge is 0.399 e. The van der Waals surface area contributed by atoms with Crippen LogP contribution in [-0.2, 0) is 22.8 Å². The number of ether oxygens (including phenoxy) is 1. The summed E-state index contributed by atoms with van der Waals surface area (Å²) in [4.78, 5) is 11.3. The van der Waals surface area contributed by atoms with E-state index in [2.05, 4.69) is 15.0 Å². The molecule has 1 aromatic heterocycles. The lowest BCUT2D eigenvalue weighted by Gasteiger charge is -2.34. The molecule has 132 valence electrons. The summed E-state index contributed by atoms with van der Waals surface area (Å²) in [5.41, 5.74) is 3.13. The predicted octanol–water partition coefficient (Wildman–Crippen LogP) is 2.35. The van der Waals surface area contributed by atoms with Crippen molar-refractivity contribution in [2.24, 2.45) is 5.16 Å². The van der Waals surface area contributed by atoms with Crippen molar-refractivity contribution >= 4 is 11.5 Å². The second-order valence-corrected chi connectivity index (χ2v) is 5.77. The van der Waals surface area contributed by atoms with Gasteiger partial charge in [-0.1, -0.05) is 23.4 Å². The van der Waals surface area contributed by atoms with Crippen molar-refractivity contribution in [1.29, 1.82) is 0 Å². The van der Waals surface area contributed by atoms with Gasteiger partial charge in [0.15, 0.2) is 0 Å². The molecule has 0 spiro atoms. The zero-order chi connectivity index (χ0) is 17.8. The molecule has 1 saturated heterocycles. The summed E-state index contributed by atoms with van der Waals surface area (Å²) in [7, 11) is 3.13. The Morgan fingerprint density at radius 3 is 2.76 bits per heavy atom. The number of nitrogens with zero attached hydrogens (tertiary/aromatic N) is 3. The van der Waals surface area contributed by atoms with Gasteiger partial charge < -0.3 is 19.6 Å². The average Bonchev–Trinajstić information content (AvgIpc) is 2.59. The molecule has 0 bridgehead atoms. The first-order chi connectivity index (χ1) is 12.2. The summed E-state index contributed by atoms with van der Waals surface area (Å²) in [5, 5.41) is 13.2. The Hall–Kier alpha value is -2.51. The van der Waals surface area contributed by atoms with Crippen molar-refractivity contribution in [2.45, 2.75) is 13.2 Å². The van der Waals surface area contributed by atoms with Gasteiger partial charge in [-0.05, 0) is 6.07 Å². The van der Waals surface area contributed by atoms with E-state index < -0.39 is 5.82 Å². The number of aromatic nitrogens is 1. The van der Waals surface area contributed by atoms with E-state index in [0.29, 0.717) is 30.8 Å². The van der Waals surface area contributed by atoms with E-state index in [0.717, 1.165) is 17.1 Å². The van der Waals surface area contributed by atoms with Crippen LogP contribution < -0.4 is 4.90 Å². The highest BCUT2D eigenvalue weighted by molar-refractivity contribution is 5.99. The lowest BCUT2D eigenvalue weighted by Crippen LogP contribution is -2.48. The van der Waals surface area contributed by atoms with Crippen LogP contribution in [0.25, 0.3) is 11.1 Å². The number of aliphatic hydroxyl groups excluding tert-OH is 1. The Bertz CT molecular complexity index is 787. The van der Waals surface area contributed by atoms with Gasteiger partial charge in [-0.3, -0.25) is 0 Å². The van der Waals surface area contributed by atoms with Crippen LogP contribution in [0, 0.1) is 5.82 Å². The molecule has 1 aromatic carbocycles. The third kappa shape index (κ3) is 3.47. The van der Waals surface area contributed by atoms with E-state index in [9.17, 15) is 9.50 Å². The zero-order valence-corrected chi connectivity index (χ0v) is 14.2. The second-order valence-electron chi connectivity index (χ2n) is 5.77. The first-order valence-electron chi connectivity index (χ1n) is 7.88. The van der Waals surface area contributed by atoms with E-state index in [1.165, 1.54) is 7.11 Å². The number of oxime groups is 1. The predicted molar refractivity (Wildman–Crippen MR) is 92.9 cm³/mol. The summed E-state index contributed by atoms with van der Waals surface area (Å²) in [6, 6.07) is 6.83. The van der Waals surface area contributed by atoms with Gasteiger partial charge in [-0.15, -0.1) is 0 Å². The number of pyridine rings is 1. The summed E-state index contributed by atoms with van der Waals surface area (Å²) < 4.78 is 19.8. The summed E-state index contributed by atoms with van der Waals surface area (Å²) >= 11 is 0.